The molecule has 2 fully saturated rings. The average molecular weight is 451 g/mol. The molecule has 8 nitrogen and oxygen atoms in total. The summed E-state index contributed by atoms with van der Waals surface area (Å²) in [6.45, 7) is 0.110. The quantitative estimate of drug-likeness (QED) is 0.556. The third kappa shape index (κ3) is 4.04. The minimum absolute atomic E-state index is 0.110. The number of carbonyl (C=O) groups is 2. The molecule has 4 N–H and O–H groups in total. The summed E-state index contributed by atoms with van der Waals surface area (Å²) in [5.74, 6) is -0.674. The van der Waals surface area contributed by atoms with Gasteiger partial charge in [-0.1, -0.05) is 24.3 Å². The highest BCUT2D eigenvalue weighted by Gasteiger charge is 2.39. The molecule has 2 bridgehead atoms. The second-order valence-corrected chi connectivity index (χ2v) is 8.96. The Morgan fingerprint density at radius 2 is 1.88 bits per heavy atom. The van der Waals surface area contributed by atoms with Crippen molar-refractivity contribution < 1.29 is 14.0 Å². The van der Waals surface area contributed by atoms with E-state index in [2.05, 4.69) is 27.7 Å². The summed E-state index contributed by atoms with van der Waals surface area (Å²) in [6.07, 6.45) is 4.22. The molecule has 2 saturated heterocycles. The van der Waals surface area contributed by atoms with Gasteiger partial charge in [-0.3, -0.25) is 4.79 Å². The molecule has 0 radical (unpaired) electrons. The summed E-state index contributed by atoms with van der Waals surface area (Å²) in [7, 11) is 2.17. The highest BCUT2D eigenvalue weighted by atomic mass is 19.1. The number of nitrogens with zero attached hydrogens (tertiary/aromatic N) is 3. The number of para-hydroxylation sites is 1. The highest BCUT2D eigenvalue weighted by molar-refractivity contribution is 6.05. The molecule has 172 valence electrons. The lowest BCUT2D eigenvalue weighted by Crippen LogP contribution is -2.48. The Morgan fingerprint density at radius 3 is 2.61 bits per heavy atom. The second-order valence-electron chi connectivity index (χ2n) is 8.96. The van der Waals surface area contributed by atoms with Crippen LogP contribution in [0.2, 0.25) is 0 Å². The molecule has 0 aliphatic carbocycles. The van der Waals surface area contributed by atoms with Crippen molar-refractivity contribution >= 4 is 22.8 Å². The molecule has 3 heterocycles. The summed E-state index contributed by atoms with van der Waals surface area (Å²) in [4.78, 5) is 26.9. The third-order valence-electron chi connectivity index (χ3n) is 6.96. The minimum Gasteiger partial charge on any atom is -0.352 e. The SMILES string of the molecule is CN1C2CCC1CC(NC(=O)c1nn(-c3cc(F)ccc3CNC(N)=O)c3ccccc13)C2. The first-order valence-corrected chi connectivity index (χ1v) is 11.2. The topological polar surface area (TPSA) is 105 Å². The number of fused-ring (bicyclic) bond motifs is 3. The van der Waals surface area contributed by atoms with Crippen LogP contribution in [0.15, 0.2) is 42.5 Å². The highest BCUT2D eigenvalue weighted by Crippen LogP contribution is 2.34. The number of primary amides is 1. The molecule has 5 rings (SSSR count). The van der Waals surface area contributed by atoms with E-state index in [4.69, 9.17) is 5.73 Å². The Kier molecular flexibility index (Phi) is 5.49. The number of urea groups is 1. The number of halogens is 1. The number of rotatable bonds is 5. The first kappa shape index (κ1) is 21.4. The molecule has 0 spiro atoms. The molecule has 2 atom stereocenters. The van der Waals surface area contributed by atoms with Gasteiger partial charge in [-0.15, -0.1) is 0 Å². The van der Waals surface area contributed by atoms with E-state index in [1.54, 1.807) is 10.7 Å². The lowest BCUT2D eigenvalue weighted by Gasteiger charge is -2.36. The monoisotopic (exact) mass is 450 g/mol. The van der Waals surface area contributed by atoms with E-state index in [0.717, 1.165) is 12.8 Å². The maximum atomic E-state index is 14.2. The molecule has 2 unspecified atom stereocenters. The maximum absolute atomic E-state index is 14.2. The van der Waals surface area contributed by atoms with Crippen LogP contribution >= 0.6 is 0 Å². The van der Waals surface area contributed by atoms with Crippen LogP contribution in [0.25, 0.3) is 16.6 Å². The van der Waals surface area contributed by atoms with Gasteiger partial charge >= 0.3 is 6.03 Å². The van der Waals surface area contributed by atoms with Gasteiger partial charge in [0.2, 0.25) is 0 Å². The Balaban J connectivity index is 1.49. The van der Waals surface area contributed by atoms with E-state index >= 15 is 0 Å². The van der Waals surface area contributed by atoms with E-state index in [9.17, 15) is 14.0 Å². The van der Waals surface area contributed by atoms with Gasteiger partial charge in [0.05, 0.1) is 11.2 Å². The van der Waals surface area contributed by atoms with Crippen LogP contribution in [-0.2, 0) is 6.54 Å². The predicted molar refractivity (Wildman–Crippen MR) is 123 cm³/mol. The van der Waals surface area contributed by atoms with E-state index in [-0.39, 0.29) is 18.5 Å². The number of carbonyl (C=O) groups excluding carboxylic acids is 2. The smallest absolute Gasteiger partial charge is 0.312 e. The average Bonchev–Trinajstić information content (AvgIpc) is 3.25. The fourth-order valence-electron chi connectivity index (χ4n) is 5.27. The molecule has 2 aliphatic rings. The Hall–Kier alpha value is -3.46. The first-order valence-electron chi connectivity index (χ1n) is 11.2. The largest absolute Gasteiger partial charge is 0.352 e. The maximum Gasteiger partial charge on any atom is 0.312 e. The van der Waals surface area contributed by atoms with Crippen molar-refractivity contribution in [2.24, 2.45) is 5.73 Å². The van der Waals surface area contributed by atoms with Crippen molar-refractivity contribution in [3.8, 4) is 5.69 Å². The summed E-state index contributed by atoms with van der Waals surface area (Å²) in [5, 5.41) is 11.0. The summed E-state index contributed by atoms with van der Waals surface area (Å²) in [6, 6.07) is 12.1. The van der Waals surface area contributed by atoms with Gasteiger partial charge in [-0.2, -0.15) is 5.10 Å². The normalized spacial score (nSPS) is 22.4. The molecule has 33 heavy (non-hydrogen) atoms. The summed E-state index contributed by atoms with van der Waals surface area (Å²) in [5.41, 5.74) is 7.26. The number of nitrogens with one attached hydrogen (secondary N) is 2. The molecular weight excluding hydrogens is 423 g/mol. The molecule has 3 aromatic rings. The summed E-state index contributed by atoms with van der Waals surface area (Å²) >= 11 is 0. The van der Waals surface area contributed by atoms with E-state index in [1.165, 1.54) is 25.0 Å². The molecule has 2 aliphatic heterocycles. The lowest BCUT2D eigenvalue weighted by molar-refractivity contribution is 0.0878. The van der Waals surface area contributed by atoms with Gasteiger partial charge in [0.25, 0.3) is 5.91 Å². The van der Waals surface area contributed by atoms with E-state index < -0.39 is 11.8 Å². The van der Waals surface area contributed by atoms with Crippen LogP contribution in [0.1, 0.15) is 41.7 Å². The van der Waals surface area contributed by atoms with Gasteiger partial charge in [-0.05, 0) is 56.5 Å². The van der Waals surface area contributed by atoms with Crippen molar-refractivity contribution in [3.05, 3.63) is 59.5 Å². The zero-order valence-corrected chi connectivity index (χ0v) is 18.4. The molecule has 1 aromatic heterocycles. The van der Waals surface area contributed by atoms with Gasteiger partial charge in [0.1, 0.15) is 5.82 Å². The number of amides is 3. The van der Waals surface area contributed by atoms with Crippen molar-refractivity contribution in [1.29, 1.82) is 0 Å². The molecule has 2 aromatic carbocycles. The number of nitrogens with two attached hydrogens (primary N) is 1. The Morgan fingerprint density at radius 1 is 1.15 bits per heavy atom. The van der Waals surface area contributed by atoms with Crippen molar-refractivity contribution in [1.82, 2.24) is 25.3 Å². The van der Waals surface area contributed by atoms with Crippen LogP contribution in [0.5, 0.6) is 0 Å². The van der Waals surface area contributed by atoms with Crippen molar-refractivity contribution in [2.75, 3.05) is 7.05 Å². The number of aromatic nitrogens is 2. The Labute approximate surface area is 190 Å². The standard InChI is InChI=1S/C24H27FN6O2/c1-30-17-8-9-18(30)12-16(11-17)28-23(32)22-19-4-2-3-5-20(19)31(29-22)21-10-15(25)7-6-14(21)13-27-24(26)33/h2-7,10,16-18H,8-9,11-13H2,1H3,(H,28,32)(H3,26,27,33). The molecule has 0 saturated carbocycles. The minimum atomic E-state index is -0.678. The first-order chi connectivity index (χ1) is 15.9. The van der Waals surface area contributed by atoms with Gasteiger partial charge in [0, 0.05) is 30.1 Å². The Bertz CT molecular complexity index is 1210. The fourth-order valence-corrected chi connectivity index (χ4v) is 5.27. The van der Waals surface area contributed by atoms with Gasteiger partial charge in [0.15, 0.2) is 5.69 Å². The fraction of sp³-hybridized carbons (Fsp3) is 0.375. The van der Waals surface area contributed by atoms with Crippen molar-refractivity contribution in [3.63, 3.8) is 0 Å². The number of piperidine rings is 1. The lowest BCUT2D eigenvalue weighted by atomic mass is 9.98. The zero-order valence-electron chi connectivity index (χ0n) is 18.4. The molecular formula is C24H27FN6O2. The predicted octanol–water partition coefficient (Wildman–Crippen LogP) is 2.69. The number of hydrogen-bond donors (Lipinski definition) is 3. The summed E-state index contributed by atoms with van der Waals surface area (Å²) < 4.78 is 15.7. The second kappa shape index (κ2) is 8.47. The van der Waals surface area contributed by atoms with Crippen molar-refractivity contribution in [2.45, 2.75) is 50.4 Å². The van der Waals surface area contributed by atoms with Crippen LogP contribution in [0, 0.1) is 5.82 Å². The molecule has 9 heteroatoms. The number of benzene rings is 2. The van der Waals surface area contributed by atoms with Crippen LogP contribution in [0.4, 0.5) is 9.18 Å². The van der Waals surface area contributed by atoms with Crippen LogP contribution in [-0.4, -0.2) is 51.8 Å². The number of hydrogen-bond acceptors (Lipinski definition) is 4. The van der Waals surface area contributed by atoms with Crippen LogP contribution in [0.3, 0.4) is 0 Å². The van der Waals surface area contributed by atoms with Crippen LogP contribution < -0.4 is 16.4 Å². The molecule has 3 amide bonds. The van der Waals surface area contributed by atoms with E-state index in [1.807, 2.05) is 24.3 Å². The van der Waals surface area contributed by atoms with E-state index in [0.29, 0.717) is 39.9 Å². The van der Waals surface area contributed by atoms with Gasteiger partial charge in [-0.25, -0.2) is 13.9 Å². The zero-order chi connectivity index (χ0) is 23.1. The van der Waals surface area contributed by atoms with Gasteiger partial charge < -0.3 is 21.3 Å². The third-order valence-corrected chi connectivity index (χ3v) is 6.96.